The van der Waals surface area contributed by atoms with Gasteiger partial charge >= 0.3 is 0 Å². The summed E-state index contributed by atoms with van der Waals surface area (Å²) in [6.45, 7) is 2.12. The van der Waals surface area contributed by atoms with Gasteiger partial charge in [0.15, 0.2) is 0 Å². The maximum atomic E-state index is 4.39. The topological polar surface area (TPSA) is 25.8 Å². The number of hydrogen-bond acceptors (Lipinski definition) is 2. The van der Waals surface area contributed by atoms with Crippen LogP contribution >= 0.6 is 0 Å². The Bertz CT molecular complexity index is 420. The van der Waals surface area contributed by atoms with Crippen LogP contribution in [0.2, 0.25) is 0 Å². The van der Waals surface area contributed by atoms with Gasteiger partial charge in [0.1, 0.15) is 0 Å². The van der Waals surface area contributed by atoms with Crippen LogP contribution in [0.5, 0.6) is 0 Å². The molecule has 0 aliphatic heterocycles. The van der Waals surface area contributed by atoms with Gasteiger partial charge in [0, 0.05) is 24.3 Å². The first-order chi connectivity index (χ1) is 7.88. The fourth-order valence-corrected chi connectivity index (χ4v) is 1.65. The van der Waals surface area contributed by atoms with Gasteiger partial charge in [0.05, 0.1) is 0 Å². The lowest BCUT2D eigenvalue weighted by Gasteiger charge is -2.02. The molecule has 0 aliphatic rings. The molecule has 2 rings (SSSR count). The molecule has 0 saturated heterocycles. The van der Waals surface area contributed by atoms with Crippen molar-refractivity contribution < 1.29 is 0 Å². The first kappa shape index (κ1) is 10.8. The summed E-state index contributed by atoms with van der Waals surface area (Å²) in [6.07, 6.45) is 8.77. The van der Waals surface area contributed by atoms with E-state index in [0.717, 1.165) is 25.0 Å². The Hall–Kier alpha value is -1.70. The van der Waals surface area contributed by atoms with Crippen LogP contribution in [-0.4, -0.2) is 9.97 Å². The first-order valence-electron chi connectivity index (χ1n) is 5.71. The van der Waals surface area contributed by atoms with Gasteiger partial charge in [-0.05, 0) is 42.5 Å². The fourth-order valence-electron chi connectivity index (χ4n) is 1.65. The van der Waals surface area contributed by atoms with E-state index in [1.165, 1.54) is 11.1 Å². The quantitative estimate of drug-likeness (QED) is 0.778. The number of hydrogen-bond donors (Lipinski definition) is 0. The molecule has 0 atom stereocenters. The Morgan fingerprint density at radius 1 is 1.00 bits per heavy atom. The van der Waals surface area contributed by atoms with Gasteiger partial charge in [-0.1, -0.05) is 19.1 Å². The molecule has 2 heteroatoms. The second kappa shape index (κ2) is 5.40. The zero-order valence-electron chi connectivity index (χ0n) is 9.56. The van der Waals surface area contributed by atoms with Crippen LogP contribution in [0.3, 0.4) is 0 Å². The van der Waals surface area contributed by atoms with Crippen LogP contribution in [-0.2, 0) is 19.3 Å². The summed E-state index contributed by atoms with van der Waals surface area (Å²) < 4.78 is 0. The third-order valence-corrected chi connectivity index (χ3v) is 2.67. The minimum atomic E-state index is 1.00. The highest BCUT2D eigenvalue weighted by Gasteiger charge is 1.96. The van der Waals surface area contributed by atoms with Gasteiger partial charge in [-0.25, -0.2) is 0 Å². The molecule has 82 valence electrons. The van der Waals surface area contributed by atoms with Gasteiger partial charge in [-0.15, -0.1) is 0 Å². The summed E-state index contributed by atoms with van der Waals surface area (Å²) in [5, 5.41) is 0. The van der Waals surface area contributed by atoms with E-state index >= 15 is 0 Å². The van der Waals surface area contributed by atoms with Gasteiger partial charge in [0.2, 0.25) is 0 Å². The van der Waals surface area contributed by atoms with Crippen molar-refractivity contribution in [2.24, 2.45) is 0 Å². The minimum absolute atomic E-state index is 1.00. The van der Waals surface area contributed by atoms with E-state index in [4.69, 9.17) is 0 Å². The Morgan fingerprint density at radius 3 is 2.38 bits per heavy atom. The molecule has 0 aliphatic carbocycles. The number of aromatic nitrogens is 2. The maximum absolute atomic E-state index is 4.39. The first-order valence-corrected chi connectivity index (χ1v) is 5.71. The van der Waals surface area contributed by atoms with E-state index in [9.17, 15) is 0 Å². The largest absolute Gasteiger partial charge is 0.264 e. The summed E-state index contributed by atoms with van der Waals surface area (Å²) in [5.41, 5.74) is 3.73. The Labute approximate surface area is 96.4 Å². The third kappa shape index (κ3) is 2.89. The van der Waals surface area contributed by atoms with Crippen molar-refractivity contribution in [3.05, 3.63) is 59.7 Å². The molecule has 2 aromatic heterocycles. The highest BCUT2D eigenvalue weighted by Crippen LogP contribution is 2.06. The Kier molecular flexibility index (Phi) is 3.65. The van der Waals surface area contributed by atoms with Crippen LogP contribution in [0.15, 0.2) is 42.9 Å². The third-order valence-electron chi connectivity index (χ3n) is 2.67. The van der Waals surface area contributed by atoms with E-state index in [0.29, 0.717) is 0 Å². The van der Waals surface area contributed by atoms with Crippen molar-refractivity contribution >= 4 is 0 Å². The molecule has 0 bridgehead atoms. The number of pyridine rings is 2. The number of nitrogens with zero attached hydrogens (tertiary/aromatic N) is 2. The normalized spacial score (nSPS) is 10.3. The summed E-state index contributed by atoms with van der Waals surface area (Å²) >= 11 is 0. The van der Waals surface area contributed by atoms with Crippen molar-refractivity contribution in [2.45, 2.75) is 26.2 Å². The SMILES string of the molecule is CCc1ccc(CCc2cccnc2)cn1. The van der Waals surface area contributed by atoms with Crippen LogP contribution in [0.4, 0.5) is 0 Å². The van der Waals surface area contributed by atoms with E-state index in [2.05, 4.69) is 35.1 Å². The molecule has 0 N–H and O–H groups in total. The van der Waals surface area contributed by atoms with E-state index in [-0.39, 0.29) is 0 Å². The number of aryl methyl sites for hydroxylation is 3. The number of rotatable bonds is 4. The van der Waals surface area contributed by atoms with Crippen LogP contribution in [0.1, 0.15) is 23.7 Å². The lowest BCUT2D eigenvalue weighted by Crippen LogP contribution is -1.94. The van der Waals surface area contributed by atoms with E-state index < -0.39 is 0 Å². The fraction of sp³-hybridized carbons (Fsp3) is 0.286. The molecule has 0 spiro atoms. The smallest absolute Gasteiger partial charge is 0.0401 e. The molecule has 2 heterocycles. The molecule has 0 fully saturated rings. The van der Waals surface area contributed by atoms with Gasteiger partial charge < -0.3 is 0 Å². The molecule has 2 aromatic rings. The molecule has 16 heavy (non-hydrogen) atoms. The Balaban J connectivity index is 1.94. The van der Waals surface area contributed by atoms with Crippen molar-refractivity contribution in [3.63, 3.8) is 0 Å². The standard InChI is InChI=1S/C14H16N2/c1-2-14-8-7-13(11-16-14)6-5-12-4-3-9-15-10-12/h3-4,7-11H,2,5-6H2,1H3. The van der Waals surface area contributed by atoms with Crippen molar-refractivity contribution in [1.29, 1.82) is 0 Å². The lowest BCUT2D eigenvalue weighted by molar-refractivity contribution is 0.927. The molecule has 0 saturated carbocycles. The predicted octanol–water partition coefficient (Wildman–Crippen LogP) is 2.82. The summed E-state index contributed by atoms with van der Waals surface area (Å²) in [6, 6.07) is 8.37. The van der Waals surface area contributed by atoms with Crippen molar-refractivity contribution in [3.8, 4) is 0 Å². The minimum Gasteiger partial charge on any atom is -0.264 e. The van der Waals surface area contributed by atoms with Crippen LogP contribution in [0.25, 0.3) is 0 Å². The summed E-state index contributed by atoms with van der Waals surface area (Å²) in [5.74, 6) is 0. The molecule has 0 amide bonds. The molecule has 2 nitrogen and oxygen atoms in total. The second-order valence-corrected chi connectivity index (χ2v) is 3.87. The zero-order valence-corrected chi connectivity index (χ0v) is 9.56. The summed E-state index contributed by atoms with van der Waals surface area (Å²) in [7, 11) is 0. The monoisotopic (exact) mass is 212 g/mol. The Morgan fingerprint density at radius 2 is 1.81 bits per heavy atom. The predicted molar refractivity (Wildman–Crippen MR) is 65.3 cm³/mol. The van der Waals surface area contributed by atoms with Gasteiger partial charge in [-0.3, -0.25) is 9.97 Å². The summed E-state index contributed by atoms with van der Waals surface area (Å²) in [4.78, 5) is 8.50. The molecule has 0 unspecified atom stereocenters. The van der Waals surface area contributed by atoms with Crippen LogP contribution in [0, 0.1) is 0 Å². The average Bonchev–Trinajstić information content (AvgIpc) is 2.38. The molecule has 0 aromatic carbocycles. The lowest BCUT2D eigenvalue weighted by atomic mass is 10.1. The van der Waals surface area contributed by atoms with E-state index in [1.54, 1.807) is 6.20 Å². The van der Waals surface area contributed by atoms with Crippen molar-refractivity contribution in [2.75, 3.05) is 0 Å². The van der Waals surface area contributed by atoms with E-state index in [1.807, 2.05) is 18.5 Å². The zero-order chi connectivity index (χ0) is 11.2. The van der Waals surface area contributed by atoms with Crippen molar-refractivity contribution in [1.82, 2.24) is 9.97 Å². The molecular formula is C14H16N2. The van der Waals surface area contributed by atoms with Gasteiger partial charge in [-0.2, -0.15) is 0 Å². The molecule has 0 radical (unpaired) electrons. The molecular weight excluding hydrogens is 196 g/mol. The second-order valence-electron chi connectivity index (χ2n) is 3.87. The highest BCUT2D eigenvalue weighted by atomic mass is 14.7. The highest BCUT2D eigenvalue weighted by molar-refractivity contribution is 5.17. The van der Waals surface area contributed by atoms with Crippen LogP contribution < -0.4 is 0 Å². The maximum Gasteiger partial charge on any atom is 0.0401 e. The van der Waals surface area contributed by atoms with Gasteiger partial charge in [0.25, 0.3) is 0 Å². The average molecular weight is 212 g/mol.